The lowest BCUT2D eigenvalue weighted by molar-refractivity contribution is 0.0298. The number of rotatable bonds is 4. The largest absolute Gasteiger partial charge is 0.312 e. The van der Waals surface area contributed by atoms with Crippen molar-refractivity contribution in [3.05, 3.63) is 0 Å². The molecule has 2 aliphatic heterocycles. The van der Waals surface area contributed by atoms with Gasteiger partial charge in [0.05, 0.1) is 0 Å². The van der Waals surface area contributed by atoms with E-state index in [4.69, 9.17) is 0 Å². The molecule has 1 aliphatic carbocycles. The van der Waals surface area contributed by atoms with Crippen LogP contribution in [0.15, 0.2) is 0 Å². The van der Waals surface area contributed by atoms with E-state index in [1.165, 1.54) is 63.9 Å². The van der Waals surface area contributed by atoms with Gasteiger partial charge in [-0.1, -0.05) is 12.8 Å². The van der Waals surface area contributed by atoms with Gasteiger partial charge in [0.2, 0.25) is 0 Å². The fraction of sp³-hybridized carbons (Fsp3) is 1.00. The lowest BCUT2D eigenvalue weighted by atomic mass is 9.73. The fourth-order valence-corrected chi connectivity index (χ4v) is 5.72. The van der Waals surface area contributed by atoms with Crippen molar-refractivity contribution in [1.82, 2.24) is 10.2 Å². The zero-order valence-corrected chi connectivity index (χ0v) is 14.1. The number of piperidine rings is 1. The molecule has 0 radical (unpaired) electrons. The van der Waals surface area contributed by atoms with Crippen LogP contribution in [-0.4, -0.2) is 47.6 Å². The van der Waals surface area contributed by atoms with Crippen LogP contribution in [0, 0.1) is 11.8 Å². The van der Waals surface area contributed by atoms with Crippen LogP contribution >= 0.6 is 11.8 Å². The maximum atomic E-state index is 4.01. The first kappa shape index (κ1) is 15.2. The second-order valence-electron chi connectivity index (χ2n) is 7.42. The lowest BCUT2D eigenvalue weighted by Gasteiger charge is -2.49. The van der Waals surface area contributed by atoms with E-state index in [9.17, 15) is 0 Å². The SMILES string of the molecule is CC(C)N1CC2CCCC(C1)C2NCC1CCCCS1. The molecule has 3 rings (SSSR count). The summed E-state index contributed by atoms with van der Waals surface area (Å²) in [6.45, 7) is 8.67. The van der Waals surface area contributed by atoms with E-state index in [-0.39, 0.29) is 0 Å². The zero-order chi connectivity index (χ0) is 13.9. The van der Waals surface area contributed by atoms with Crippen molar-refractivity contribution in [2.75, 3.05) is 25.4 Å². The highest BCUT2D eigenvalue weighted by Crippen LogP contribution is 2.36. The minimum Gasteiger partial charge on any atom is -0.312 e. The average molecular weight is 297 g/mol. The molecule has 2 bridgehead atoms. The number of fused-ring (bicyclic) bond motifs is 2. The van der Waals surface area contributed by atoms with Gasteiger partial charge in [0, 0.05) is 37.0 Å². The number of thioether (sulfide) groups is 1. The highest BCUT2D eigenvalue weighted by Gasteiger charge is 2.39. The standard InChI is InChI=1S/C17H32N2S/c1-13(2)19-11-14-6-5-7-15(12-19)17(14)18-10-16-8-3-4-9-20-16/h13-18H,3-12H2,1-2H3. The minimum atomic E-state index is 0.730. The molecule has 1 saturated carbocycles. The quantitative estimate of drug-likeness (QED) is 0.856. The first-order chi connectivity index (χ1) is 9.74. The van der Waals surface area contributed by atoms with E-state index in [1.54, 1.807) is 0 Å². The molecule has 0 aromatic rings. The Balaban J connectivity index is 1.53. The topological polar surface area (TPSA) is 15.3 Å². The summed E-state index contributed by atoms with van der Waals surface area (Å²) in [4.78, 5) is 2.72. The van der Waals surface area contributed by atoms with E-state index in [0.717, 1.165) is 29.2 Å². The average Bonchev–Trinajstić information content (AvgIpc) is 2.45. The molecular weight excluding hydrogens is 264 g/mol. The molecular formula is C17H32N2S. The van der Waals surface area contributed by atoms with Crippen molar-refractivity contribution in [3.8, 4) is 0 Å². The Hall–Kier alpha value is 0.270. The van der Waals surface area contributed by atoms with Crippen LogP contribution < -0.4 is 5.32 Å². The van der Waals surface area contributed by atoms with Gasteiger partial charge in [-0.25, -0.2) is 0 Å². The molecule has 3 heteroatoms. The molecule has 20 heavy (non-hydrogen) atoms. The number of hydrogen-bond acceptors (Lipinski definition) is 3. The molecule has 3 unspecified atom stereocenters. The van der Waals surface area contributed by atoms with Gasteiger partial charge in [-0.3, -0.25) is 0 Å². The second-order valence-corrected chi connectivity index (χ2v) is 8.83. The van der Waals surface area contributed by atoms with Gasteiger partial charge in [0.25, 0.3) is 0 Å². The van der Waals surface area contributed by atoms with E-state index in [2.05, 4.69) is 35.8 Å². The van der Waals surface area contributed by atoms with E-state index >= 15 is 0 Å². The highest BCUT2D eigenvalue weighted by atomic mass is 32.2. The smallest absolute Gasteiger partial charge is 0.0172 e. The number of nitrogens with one attached hydrogen (secondary N) is 1. The summed E-state index contributed by atoms with van der Waals surface area (Å²) in [5.41, 5.74) is 0. The van der Waals surface area contributed by atoms with Gasteiger partial charge < -0.3 is 10.2 Å². The van der Waals surface area contributed by atoms with Gasteiger partial charge >= 0.3 is 0 Å². The van der Waals surface area contributed by atoms with Gasteiger partial charge in [-0.2, -0.15) is 11.8 Å². The van der Waals surface area contributed by atoms with Crippen molar-refractivity contribution in [2.24, 2.45) is 11.8 Å². The first-order valence-electron chi connectivity index (χ1n) is 8.83. The van der Waals surface area contributed by atoms with Crippen LogP contribution in [0.5, 0.6) is 0 Å². The zero-order valence-electron chi connectivity index (χ0n) is 13.3. The Labute approximate surface area is 129 Å². The second kappa shape index (κ2) is 7.02. The Bertz CT molecular complexity index is 287. The van der Waals surface area contributed by atoms with Crippen LogP contribution in [0.3, 0.4) is 0 Å². The summed E-state index contributed by atoms with van der Waals surface area (Å²) in [6.07, 6.45) is 8.72. The van der Waals surface area contributed by atoms with Gasteiger partial charge in [-0.15, -0.1) is 0 Å². The number of hydrogen-bond donors (Lipinski definition) is 1. The van der Waals surface area contributed by atoms with Crippen molar-refractivity contribution < 1.29 is 0 Å². The Morgan fingerprint density at radius 2 is 1.80 bits per heavy atom. The maximum Gasteiger partial charge on any atom is 0.0172 e. The first-order valence-corrected chi connectivity index (χ1v) is 9.88. The third-order valence-corrected chi connectivity index (χ3v) is 7.09. The molecule has 0 aromatic carbocycles. The molecule has 0 aromatic heterocycles. The summed E-state index contributed by atoms with van der Waals surface area (Å²) in [5.74, 6) is 3.22. The monoisotopic (exact) mass is 296 g/mol. The normalized spacial score (nSPS) is 39.1. The molecule has 2 nitrogen and oxygen atoms in total. The summed E-state index contributed by atoms with van der Waals surface area (Å²) in [5, 5.41) is 4.90. The Morgan fingerprint density at radius 1 is 1.05 bits per heavy atom. The molecule has 2 saturated heterocycles. The predicted molar refractivity (Wildman–Crippen MR) is 89.4 cm³/mol. The van der Waals surface area contributed by atoms with Gasteiger partial charge in [0.1, 0.15) is 0 Å². The summed E-state index contributed by atoms with van der Waals surface area (Å²) < 4.78 is 0. The van der Waals surface area contributed by atoms with Crippen molar-refractivity contribution in [3.63, 3.8) is 0 Å². The van der Waals surface area contributed by atoms with Crippen LogP contribution in [0.2, 0.25) is 0 Å². The summed E-state index contributed by atoms with van der Waals surface area (Å²) in [7, 11) is 0. The van der Waals surface area contributed by atoms with Crippen LogP contribution in [0.4, 0.5) is 0 Å². The van der Waals surface area contributed by atoms with Crippen molar-refractivity contribution in [1.29, 1.82) is 0 Å². The molecule has 0 spiro atoms. The van der Waals surface area contributed by atoms with Crippen molar-refractivity contribution in [2.45, 2.75) is 69.7 Å². The van der Waals surface area contributed by atoms with E-state index in [0.29, 0.717) is 0 Å². The number of likely N-dealkylation sites (tertiary alicyclic amines) is 1. The van der Waals surface area contributed by atoms with Crippen LogP contribution in [-0.2, 0) is 0 Å². The van der Waals surface area contributed by atoms with Crippen LogP contribution in [0.25, 0.3) is 0 Å². The van der Waals surface area contributed by atoms with E-state index in [1.807, 2.05) is 0 Å². The van der Waals surface area contributed by atoms with Crippen molar-refractivity contribution >= 4 is 11.8 Å². The van der Waals surface area contributed by atoms with Gasteiger partial charge in [0.15, 0.2) is 0 Å². The molecule has 0 amide bonds. The molecule has 3 aliphatic rings. The summed E-state index contributed by atoms with van der Waals surface area (Å²) >= 11 is 2.21. The molecule has 1 N–H and O–H groups in total. The Morgan fingerprint density at radius 3 is 2.40 bits per heavy atom. The summed E-state index contributed by atoms with van der Waals surface area (Å²) in [6, 6.07) is 1.55. The number of nitrogens with zero attached hydrogens (tertiary/aromatic N) is 1. The molecule has 3 atom stereocenters. The van der Waals surface area contributed by atoms with Crippen LogP contribution in [0.1, 0.15) is 52.4 Å². The maximum absolute atomic E-state index is 4.01. The third kappa shape index (κ3) is 3.53. The Kier molecular flexibility index (Phi) is 5.33. The third-order valence-electron chi connectivity index (χ3n) is 5.69. The highest BCUT2D eigenvalue weighted by molar-refractivity contribution is 7.99. The molecule has 2 heterocycles. The molecule has 3 fully saturated rings. The molecule has 116 valence electrons. The minimum absolute atomic E-state index is 0.730. The predicted octanol–water partition coefficient (Wildman–Crippen LogP) is 3.37. The van der Waals surface area contributed by atoms with E-state index < -0.39 is 0 Å². The fourth-order valence-electron chi connectivity index (χ4n) is 4.46. The lowest BCUT2D eigenvalue weighted by Crippen LogP contribution is -2.59. The van der Waals surface area contributed by atoms with Gasteiger partial charge in [-0.05, 0) is 57.1 Å².